The predicted octanol–water partition coefficient (Wildman–Crippen LogP) is 11.4. The first-order valence-corrected chi connectivity index (χ1v) is 21.3. The number of carboxylic acids is 1. The summed E-state index contributed by atoms with van der Waals surface area (Å²) in [5, 5.41) is 9.61. The number of ether oxygens (including phenoxy) is 3. The van der Waals surface area contributed by atoms with Crippen molar-refractivity contribution in [2.24, 2.45) is 0 Å². The molecule has 0 fully saturated rings. The van der Waals surface area contributed by atoms with Crippen molar-refractivity contribution in [3.05, 3.63) is 60.8 Å². The van der Waals surface area contributed by atoms with Gasteiger partial charge in [0.05, 0.1) is 34.4 Å². The van der Waals surface area contributed by atoms with Crippen molar-refractivity contribution < 1.29 is 38.2 Å². The van der Waals surface area contributed by atoms with Crippen LogP contribution in [0.5, 0.6) is 0 Å². The van der Waals surface area contributed by atoms with Crippen molar-refractivity contribution in [2.75, 3.05) is 41.0 Å². The number of rotatable bonds is 37. The summed E-state index contributed by atoms with van der Waals surface area (Å²) in [5.41, 5.74) is 0. The highest BCUT2D eigenvalue weighted by Crippen LogP contribution is 2.12. The van der Waals surface area contributed by atoms with Crippen LogP contribution in [0.3, 0.4) is 0 Å². The molecule has 0 spiro atoms. The third-order valence-electron chi connectivity index (χ3n) is 9.15. The third kappa shape index (κ3) is 34.8. The number of aliphatic carboxylic acids is 1. The van der Waals surface area contributed by atoms with Crippen LogP contribution in [0.4, 0.5) is 0 Å². The SMILES string of the molecule is CC/C=C/C/C=C/C/C=C/C/C=C/CCCCCC(=O)OCC(COCCC(C(=O)O)[N+](C)(C)C)OC(=O)CCCCC/C=C/CCCCCCCCC. The second kappa shape index (κ2) is 37.0. The van der Waals surface area contributed by atoms with Gasteiger partial charge in [0, 0.05) is 19.3 Å². The van der Waals surface area contributed by atoms with Gasteiger partial charge in [0.1, 0.15) is 6.61 Å². The zero-order valence-electron chi connectivity index (χ0n) is 35.2. The van der Waals surface area contributed by atoms with Gasteiger partial charge in [0.2, 0.25) is 0 Å². The number of nitrogens with zero attached hydrogens (tertiary/aromatic N) is 1. The fourth-order valence-corrected chi connectivity index (χ4v) is 5.84. The van der Waals surface area contributed by atoms with E-state index in [1.54, 1.807) is 0 Å². The third-order valence-corrected chi connectivity index (χ3v) is 9.15. The molecule has 0 rings (SSSR count). The number of hydrogen-bond acceptors (Lipinski definition) is 6. The normalized spacial score (nSPS) is 13.6. The Morgan fingerprint density at radius 1 is 0.574 bits per heavy atom. The topological polar surface area (TPSA) is 99.1 Å². The maximum atomic E-state index is 12.7. The van der Waals surface area contributed by atoms with Crippen LogP contribution in [0.1, 0.15) is 162 Å². The summed E-state index contributed by atoms with van der Waals surface area (Å²) in [5.74, 6) is -1.53. The van der Waals surface area contributed by atoms with Crippen molar-refractivity contribution in [3.8, 4) is 0 Å². The minimum atomic E-state index is -0.884. The first-order valence-electron chi connectivity index (χ1n) is 21.3. The van der Waals surface area contributed by atoms with Crippen molar-refractivity contribution in [3.63, 3.8) is 0 Å². The molecule has 310 valence electrons. The molecule has 0 aliphatic heterocycles. The van der Waals surface area contributed by atoms with Crippen LogP contribution < -0.4 is 0 Å². The molecule has 0 saturated heterocycles. The largest absolute Gasteiger partial charge is 0.477 e. The predicted molar refractivity (Wildman–Crippen MR) is 224 cm³/mol. The number of carboxylic acid groups (broad SMARTS) is 1. The Morgan fingerprint density at radius 2 is 1.04 bits per heavy atom. The van der Waals surface area contributed by atoms with Gasteiger partial charge in [-0.15, -0.1) is 0 Å². The van der Waals surface area contributed by atoms with Crippen LogP contribution >= 0.6 is 0 Å². The van der Waals surface area contributed by atoms with E-state index in [9.17, 15) is 19.5 Å². The van der Waals surface area contributed by atoms with Crippen molar-refractivity contribution in [1.82, 2.24) is 0 Å². The molecule has 0 aromatic rings. The first kappa shape index (κ1) is 51.0. The summed E-state index contributed by atoms with van der Waals surface area (Å²) in [6.07, 6.45) is 44.1. The number of likely N-dealkylation sites (N-methyl/N-ethyl adjacent to an activating group) is 1. The van der Waals surface area contributed by atoms with Gasteiger partial charge in [-0.05, 0) is 77.0 Å². The molecule has 8 heteroatoms. The maximum absolute atomic E-state index is 12.7. The second-order valence-electron chi connectivity index (χ2n) is 15.2. The summed E-state index contributed by atoms with van der Waals surface area (Å²) in [6.45, 7) is 4.55. The van der Waals surface area contributed by atoms with E-state index in [1.807, 2.05) is 21.1 Å². The average Bonchev–Trinajstić information content (AvgIpc) is 3.12. The molecule has 2 atom stereocenters. The maximum Gasteiger partial charge on any atom is 0.362 e. The smallest absolute Gasteiger partial charge is 0.362 e. The fourth-order valence-electron chi connectivity index (χ4n) is 5.84. The molecular formula is C46H80NO7+. The molecule has 8 nitrogen and oxygen atoms in total. The lowest BCUT2D eigenvalue weighted by Gasteiger charge is -2.31. The van der Waals surface area contributed by atoms with Gasteiger partial charge in [-0.3, -0.25) is 9.59 Å². The lowest BCUT2D eigenvalue weighted by atomic mass is 10.1. The van der Waals surface area contributed by atoms with Crippen LogP contribution in [0.2, 0.25) is 0 Å². The minimum absolute atomic E-state index is 0.0426. The van der Waals surface area contributed by atoms with E-state index >= 15 is 0 Å². The van der Waals surface area contributed by atoms with Crippen molar-refractivity contribution in [1.29, 1.82) is 0 Å². The van der Waals surface area contributed by atoms with Crippen LogP contribution in [0, 0.1) is 0 Å². The second-order valence-corrected chi connectivity index (χ2v) is 15.2. The number of hydrogen-bond donors (Lipinski definition) is 1. The number of esters is 2. The first-order chi connectivity index (χ1) is 26.1. The molecule has 1 N–H and O–H groups in total. The number of allylic oxidation sites excluding steroid dienone is 10. The van der Waals surface area contributed by atoms with E-state index in [2.05, 4.69) is 74.6 Å². The van der Waals surface area contributed by atoms with Crippen molar-refractivity contribution >= 4 is 17.9 Å². The standard InChI is InChI=1S/C46H79NO7/c1-6-8-10-12-14-16-18-20-22-23-25-26-28-30-32-34-36-44(48)53-41-42(40-52-39-38-43(46(50)51)47(3,4)5)54-45(49)37-35-33-31-29-27-24-21-19-17-15-13-11-9-7-2/h8,10,14,16,20,22,24-27,42-43H,6-7,9,11-13,15,17-19,21,23,28-41H2,1-5H3/p+1/b10-8+,16-14+,22-20+,26-25+,27-24+. The highest BCUT2D eigenvalue weighted by molar-refractivity contribution is 5.72. The number of carbonyl (C=O) groups excluding carboxylic acids is 2. The molecule has 0 heterocycles. The van der Waals surface area contributed by atoms with Gasteiger partial charge < -0.3 is 23.8 Å². The van der Waals surface area contributed by atoms with E-state index in [-0.39, 0.29) is 36.2 Å². The number of carbonyl (C=O) groups is 3. The van der Waals surface area contributed by atoms with Crippen LogP contribution in [-0.4, -0.2) is 80.6 Å². The van der Waals surface area contributed by atoms with E-state index in [4.69, 9.17) is 14.2 Å². The van der Waals surface area contributed by atoms with E-state index in [1.165, 1.54) is 44.9 Å². The van der Waals surface area contributed by atoms with Crippen molar-refractivity contribution in [2.45, 2.75) is 174 Å². The number of quaternary nitrogens is 1. The molecule has 54 heavy (non-hydrogen) atoms. The zero-order valence-corrected chi connectivity index (χ0v) is 35.2. The van der Waals surface area contributed by atoms with Gasteiger partial charge in [0.15, 0.2) is 12.1 Å². The van der Waals surface area contributed by atoms with Crippen LogP contribution in [-0.2, 0) is 28.6 Å². The minimum Gasteiger partial charge on any atom is -0.477 e. The van der Waals surface area contributed by atoms with E-state index in [0.29, 0.717) is 19.3 Å². The Balaban J connectivity index is 4.45. The molecule has 2 unspecified atom stereocenters. The Kier molecular flexibility index (Phi) is 34.9. The van der Waals surface area contributed by atoms with E-state index < -0.39 is 18.1 Å². The molecule has 0 aliphatic carbocycles. The quantitative estimate of drug-likeness (QED) is 0.0291. The molecule has 0 radical (unpaired) electrons. The lowest BCUT2D eigenvalue weighted by Crippen LogP contribution is -2.50. The molecule has 0 saturated carbocycles. The van der Waals surface area contributed by atoms with Gasteiger partial charge in [-0.25, -0.2) is 4.79 Å². The summed E-state index contributed by atoms with van der Waals surface area (Å²) in [6, 6.07) is -0.623. The van der Waals surface area contributed by atoms with Crippen LogP contribution in [0.25, 0.3) is 0 Å². The highest BCUT2D eigenvalue weighted by atomic mass is 16.6. The summed E-state index contributed by atoms with van der Waals surface area (Å²) >= 11 is 0. The highest BCUT2D eigenvalue weighted by Gasteiger charge is 2.31. The van der Waals surface area contributed by atoms with Gasteiger partial charge in [0.25, 0.3) is 0 Å². The molecule has 0 bridgehead atoms. The molecule has 0 amide bonds. The Bertz CT molecular complexity index is 1070. The average molecular weight is 759 g/mol. The number of unbranched alkanes of at least 4 members (excludes halogenated alkanes) is 13. The zero-order chi connectivity index (χ0) is 40.0. The Morgan fingerprint density at radius 3 is 1.56 bits per heavy atom. The molecular weight excluding hydrogens is 679 g/mol. The van der Waals surface area contributed by atoms with Crippen LogP contribution in [0.15, 0.2) is 60.8 Å². The Hall–Kier alpha value is -2.97. The lowest BCUT2D eigenvalue weighted by molar-refractivity contribution is -0.887. The van der Waals surface area contributed by atoms with Gasteiger partial charge in [-0.2, -0.15) is 0 Å². The molecule has 0 aliphatic rings. The van der Waals surface area contributed by atoms with Gasteiger partial charge in [-0.1, -0.05) is 126 Å². The monoisotopic (exact) mass is 759 g/mol. The van der Waals surface area contributed by atoms with Gasteiger partial charge >= 0.3 is 17.9 Å². The molecule has 0 aromatic carbocycles. The Labute approximate surface area is 330 Å². The summed E-state index contributed by atoms with van der Waals surface area (Å²) < 4.78 is 17.2. The molecule has 0 aromatic heterocycles. The summed E-state index contributed by atoms with van der Waals surface area (Å²) in [4.78, 5) is 36.9. The fraction of sp³-hybridized carbons (Fsp3) is 0.717. The summed E-state index contributed by atoms with van der Waals surface area (Å²) in [7, 11) is 5.50. The van der Waals surface area contributed by atoms with E-state index in [0.717, 1.165) is 83.5 Å².